The second-order valence-electron chi connectivity index (χ2n) is 9.52. The van der Waals surface area contributed by atoms with Gasteiger partial charge in [-0.25, -0.2) is 13.4 Å². The maximum absolute atomic E-state index is 13.0. The average molecular weight is 503 g/mol. The molecule has 3 heterocycles. The standard InChI is InChI=1S/C27H26N4O4S/c1-36(33,34)19-11-9-18(10-12-19)35-25-16-23-22(29-26(30-23)21-5-2-3-13-28-21)15-20(25)24-6-4-14-31(24)27(32)17-7-8-17/h2-3,5,9-13,15-17,24H,4,6-8,14H2,1H3,(H,29,30). The number of fused-ring (bicyclic) bond motifs is 1. The number of aromatic nitrogens is 3. The highest BCUT2D eigenvalue weighted by atomic mass is 32.2. The van der Waals surface area contributed by atoms with Gasteiger partial charge in [0.1, 0.15) is 17.2 Å². The number of sulfone groups is 1. The van der Waals surface area contributed by atoms with Gasteiger partial charge in [0.05, 0.1) is 22.0 Å². The minimum Gasteiger partial charge on any atom is -0.457 e. The molecule has 1 saturated carbocycles. The van der Waals surface area contributed by atoms with Gasteiger partial charge in [-0.05, 0) is 68.1 Å². The van der Waals surface area contributed by atoms with Crippen molar-refractivity contribution in [2.24, 2.45) is 5.92 Å². The van der Waals surface area contributed by atoms with Crippen molar-refractivity contribution in [3.05, 3.63) is 66.4 Å². The number of pyridine rings is 1. The van der Waals surface area contributed by atoms with E-state index in [0.29, 0.717) is 17.3 Å². The summed E-state index contributed by atoms with van der Waals surface area (Å²) in [4.78, 5) is 27.8. The fourth-order valence-corrected chi connectivity index (χ4v) is 5.46. The van der Waals surface area contributed by atoms with Crippen LogP contribution >= 0.6 is 0 Å². The Labute approximate surface area is 209 Å². The molecule has 2 aromatic heterocycles. The van der Waals surface area contributed by atoms with Crippen molar-refractivity contribution in [3.8, 4) is 23.0 Å². The lowest BCUT2D eigenvalue weighted by Crippen LogP contribution is -2.31. The molecule has 36 heavy (non-hydrogen) atoms. The number of carbonyl (C=O) groups excluding carboxylic acids is 1. The summed E-state index contributed by atoms with van der Waals surface area (Å²) in [6, 6.07) is 15.9. The molecule has 4 aromatic rings. The molecule has 8 nitrogen and oxygen atoms in total. The van der Waals surface area contributed by atoms with E-state index in [-0.39, 0.29) is 22.8 Å². The van der Waals surface area contributed by atoms with Gasteiger partial charge in [0.25, 0.3) is 0 Å². The molecule has 9 heteroatoms. The summed E-state index contributed by atoms with van der Waals surface area (Å²) in [5.74, 6) is 2.14. The lowest BCUT2D eigenvalue weighted by atomic mass is 10.0. The van der Waals surface area contributed by atoms with Gasteiger partial charge in [0.15, 0.2) is 15.7 Å². The van der Waals surface area contributed by atoms with E-state index in [1.807, 2.05) is 35.2 Å². The lowest BCUT2D eigenvalue weighted by molar-refractivity contribution is -0.133. The maximum Gasteiger partial charge on any atom is 0.226 e. The second-order valence-corrected chi connectivity index (χ2v) is 11.5. The normalized spacial score (nSPS) is 18.0. The molecule has 1 N–H and O–H groups in total. The van der Waals surface area contributed by atoms with Crippen LogP contribution in [0.5, 0.6) is 11.5 Å². The fraction of sp³-hybridized carbons (Fsp3) is 0.296. The van der Waals surface area contributed by atoms with Crippen LogP contribution in [0.4, 0.5) is 0 Å². The molecule has 0 bridgehead atoms. The molecule has 0 radical (unpaired) electrons. The van der Waals surface area contributed by atoms with E-state index in [4.69, 9.17) is 9.72 Å². The average Bonchev–Trinajstić information content (AvgIpc) is 3.46. The summed E-state index contributed by atoms with van der Waals surface area (Å²) in [5, 5.41) is 0. The number of hydrogen-bond acceptors (Lipinski definition) is 6. The number of ether oxygens (including phenoxy) is 1. The second kappa shape index (κ2) is 8.74. The Morgan fingerprint density at radius 3 is 2.58 bits per heavy atom. The third kappa shape index (κ3) is 4.35. The van der Waals surface area contributed by atoms with Gasteiger partial charge in [0, 0.05) is 36.5 Å². The quantitative estimate of drug-likeness (QED) is 0.402. The number of carbonyl (C=O) groups is 1. The van der Waals surface area contributed by atoms with Crippen molar-refractivity contribution in [2.75, 3.05) is 12.8 Å². The zero-order chi connectivity index (χ0) is 24.9. The van der Waals surface area contributed by atoms with E-state index < -0.39 is 9.84 Å². The maximum atomic E-state index is 13.0. The van der Waals surface area contributed by atoms with Crippen molar-refractivity contribution >= 4 is 26.8 Å². The molecule has 2 aliphatic rings. The van der Waals surface area contributed by atoms with Gasteiger partial charge >= 0.3 is 0 Å². The Balaban J connectivity index is 1.42. The molecule has 1 saturated heterocycles. The Morgan fingerprint density at radius 1 is 1.08 bits per heavy atom. The summed E-state index contributed by atoms with van der Waals surface area (Å²) in [6.07, 6.45) is 6.62. The Kier molecular flexibility index (Phi) is 5.52. The molecule has 6 rings (SSSR count). The van der Waals surface area contributed by atoms with E-state index in [1.54, 1.807) is 18.3 Å². The van der Waals surface area contributed by atoms with Crippen molar-refractivity contribution in [1.82, 2.24) is 19.9 Å². The smallest absolute Gasteiger partial charge is 0.226 e. The highest BCUT2D eigenvalue weighted by Crippen LogP contribution is 2.43. The monoisotopic (exact) mass is 502 g/mol. The van der Waals surface area contributed by atoms with Crippen LogP contribution in [-0.2, 0) is 14.6 Å². The molecule has 1 aliphatic heterocycles. The molecular formula is C27H26N4O4S. The van der Waals surface area contributed by atoms with Crippen LogP contribution < -0.4 is 4.74 Å². The molecule has 0 spiro atoms. The van der Waals surface area contributed by atoms with Crippen molar-refractivity contribution < 1.29 is 17.9 Å². The number of hydrogen-bond donors (Lipinski definition) is 1. The molecule has 1 unspecified atom stereocenters. The Hall–Kier alpha value is -3.72. The van der Waals surface area contributed by atoms with Crippen LogP contribution in [0.25, 0.3) is 22.6 Å². The number of aromatic amines is 1. The van der Waals surface area contributed by atoms with Crippen LogP contribution in [0.2, 0.25) is 0 Å². The first-order valence-electron chi connectivity index (χ1n) is 12.1. The van der Waals surface area contributed by atoms with Gasteiger partial charge in [0.2, 0.25) is 5.91 Å². The fourth-order valence-electron chi connectivity index (χ4n) is 4.83. The first kappa shape index (κ1) is 22.7. The van der Waals surface area contributed by atoms with Crippen LogP contribution in [0.1, 0.15) is 37.3 Å². The largest absolute Gasteiger partial charge is 0.457 e. The highest BCUT2D eigenvalue weighted by molar-refractivity contribution is 7.90. The molecular weight excluding hydrogens is 476 g/mol. The molecule has 1 aliphatic carbocycles. The van der Waals surface area contributed by atoms with Crippen LogP contribution in [0, 0.1) is 5.92 Å². The molecule has 184 valence electrons. The summed E-state index contributed by atoms with van der Waals surface area (Å²) >= 11 is 0. The molecule has 2 aromatic carbocycles. The number of likely N-dealkylation sites (tertiary alicyclic amines) is 1. The summed E-state index contributed by atoms with van der Waals surface area (Å²) in [6.45, 7) is 0.739. The third-order valence-electron chi connectivity index (χ3n) is 6.82. The number of nitrogens with one attached hydrogen (secondary N) is 1. The minimum absolute atomic E-state index is 0.0885. The number of H-pyrrole nitrogens is 1. The minimum atomic E-state index is -3.30. The first-order chi connectivity index (χ1) is 17.4. The van der Waals surface area contributed by atoms with Crippen LogP contribution in [0.3, 0.4) is 0 Å². The van der Waals surface area contributed by atoms with E-state index in [1.165, 1.54) is 18.4 Å². The number of benzene rings is 2. The van der Waals surface area contributed by atoms with Gasteiger partial charge in [-0.2, -0.15) is 0 Å². The number of rotatable bonds is 6. The molecule has 1 atom stereocenters. The summed E-state index contributed by atoms with van der Waals surface area (Å²) in [5.41, 5.74) is 3.22. The van der Waals surface area contributed by atoms with E-state index in [2.05, 4.69) is 9.97 Å². The van der Waals surface area contributed by atoms with E-state index >= 15 is 0 Å². The van der Waals surface area contributed by atoms with Crippen molar-refractivity contribution in [1.29, 1.82) is 0 Å². The summed E-state index contributed by atoms with van der Waals surface area (Å²) < 4.78 is 30.0. The third-order valence-corrected chi connectivity index (χ3v) is 7.95. The lowest BCUT2D eigenvalue weighted by Gasteiger charge is -2.27. The summed E-state index contributed by atoms with van der Waals surface area (Å²) in [7, 11) is -3.30. The highest BCUT2D eigenvalue weighted by Gasteiger charge is 2.39. The first-order valence-corrected chi connectivity index (χ1v) is 14.0. The van der Waals surface area contributed by atoms with Crippen molar-refractivity contribution in [3.63, 3.8) is 0 Å². The van der Waals surface area contributed by atoms with Crippen LogP contribution in [0.15, 0.2) is 65.7 Å². The topological polar surface area (TPSA) is 105 Å². The zero-order valence-corrected chi connectivity index (χ0v) is 20.7. The predicted octanol–water partition coefficient (Wildman–Crippen LogP) is 4.89. The van der Waals surface area contributed by atoms with Gasteiger partial charge in [-0.1, -0.05) is 6.07 Å². The van der Waals surface area contributed by atoms with Gasteiger partial charge in [-0.3, -0.25) is 9.78 Å². The Morgan fingerprint density at radius 2 is 1.89 bits per heavy atom. The molecule has 2 fully saturated rings. The van der Waals surface area contributed by atoms with Crippen LogP contribution in [-0.4, -0.2) is 47.0 Å². The van der Waals surface area contributed by atoms with Crippen molar-refractivity contribution in [2.45, 2.75) is 36.6 Å². The predicted molar refractivity (Wildman–Crippen MR) is 135 cm³/mol. The Bertz CT molecular complexity index is 1540. The van der Waals surface area contributed by atoms with Gasteiger partial charge < -0.3 is 14.6 Å². The van der Waals surface area contributed by atoms with E-state index in [0.717, 1.165) is 54.5 Å². The number of imidazole rings is 1. The number of amides is 1. The molecule has 1 amide bonds. The SMILES string of the molecule is CS(=O)(=O)c1ccc(Oc2cc3nc(-c4ccccn4)[nH]c3cc2C2CCCN2C(=O)C2CC2)cc1. The zero-order valence-electron chi connectivity index (χ0n) is 19.8. The number of nitrogens with zero attached hydrogens (tertiary/aromatic N) is 3. The van der Waals surface area contributed by atoms with E-state index in [9.17, 15) is 13.2 Å². The van der Waals surface area contributed by atoms with Gasteiger partial charge in [-0.15, -0.1) is 0 Å².